The number of benzene rings is 1. The smallest absolute Gasteiger partial charge is 0.337 e. The van der Waals surface area contributed by atoms with Gasteiger partial charge in [0, 0.05) is 30.4 Å². The van der Waals surface area contributed by atoms with Crippen molar-refractivity contribution in [2.24, 2.45) is 0 Å². The minimum Gasteiger partial charge on any atom is -0.465 e. The second-order valence-electron chi connectivity index (χ2n) is 5.01. The van der Waals surface area contributed by atoms with E-state index in [0.717, 1.165) is 6.07 Å². The summed E-state index contributed by atoms with van der Waals surface area (Å²) in [5, 5.41) is 0. The molecule has 0 fully saturated rings. The molecule has 0 spiro atoms. The summed E-state index contributed by atoms with van der Waals surface area (Å²) in [4.78, 5) is 29.7. The molecule has 8 heteroatoms. The van der Waals surface area contributed by atoms with Crippen LogP contribution in [0.15, 0.2) is 55.4 Å². The fraction of sp³-hybridized carbons (Fsp3) is 0.118. The van der Waals surface area contributed by atoms with Crippen molar-refractivity contribution in [2.75, 3.05) is 12.0 Å². The van der Waals surface area contributed by atoms with Gasteiger partial charge in [0.15, 0.2) is 11.6 Å². The van der Waals surface area contributed by atoms with E-state index < -0.39 is 11.8 Å². The number of hydrogen-bond donors (Lipinski definition) is 0. The number of aromatic nitrogens is 4. The lowest BCUT2D eigenvalue weighted by Gasteiger charge is -2.22. The van der Waals surface area contributed by atoms with E-state index in [1.165, 1.54) is 31.6 Å². The fourth-order valence-electron chi connectivity index (χ4n) is 2.23. The fourth-order valence-corrected chi connectivity index (χ4v) is 2.23. The molecule has 0 aliphatic carbocycles. The highest BCUT2D eigenvalue weighted by molar-refractivity contribution is 5.89. The Morgan fingerprint density at radius 1 is 1.08 bits per heavy atom. The number of halogens is 1. The first-order valence-electron chi connectivity index (χ1n) is 7.35. The third-order valence-corrected chi connectivity index (χ3v) is 3.45. The van der Waals surface area contributed by atoms with Gasteiger partial charge in [0.25, 0.3) is 0 Å². The van der Waals surface area contributed by atoms with E-state index >= 15 is 0 Å². The quantitative estimate of drug-likeness (QED) is 0.661. The molecule has 0 amide bonds. The second-order valence-corrected chi connectivity index (χ2v) is 5.01. The zero-order valence-electron chi connectivity index (χ0n) is 13.3. The Labute approximate surface area is 143 Å². The first-order chi connectivity index (χ1) is 12.2. The first-order valence-corrected chi connectivity index (χ1v) is 7.35. The number of ether oxygens (including phenoxy) is 1. The third kappa shape index (κ3) is 3.74. The molecule has 0 aliphatic rings. The van der Waals surface area contributed by atoms with Crippen LogP contribution in [0.5, 0.6) is 0 Å². The zero-order chi connectivity index (χ0) is 17.6. The molecule has 0 saturated carbocycles. The van der Waals surface area contributed by atoms with Gasteiger partial charge in [-0.3, -0.25) is 9.97 Å². The minimum atomic E-state index is -0.592. The van der Waals surface area contributed by atoms with Crippen LogP contribution < -0.4 is 4.90 Å². The number of carbonyl (C=O) groups excluding carboxylic acids is 1. The second kappa shape index (κ2) is 7.43. The van der Waals surface area contributed by atoms with Crippen molar-refractivity contribution in [1.82, 2.24) is 19.9 Å². The average Bonchev–Trinajstić information content (AvgIpc) is 2.67. The zero-order valence-corrected chi connectivity index (χ0v) is 13.3. The lowest BCUT2D eigenvalue weighted by molar-refractivity contribution is 0.0600. The van der Waals surface area contributed by atoms with Gasteiger partial charge in [-0.15, -0.1) is 0 Å². The van der Waals surface area contributed by atoms with Crippen molar-refractivity contribution in [3.63, 3.8) is 0 Å². The summed E-state index contributed by atoms with van der Waals surface area (Å²) in [7, 11) is 1.25. The van der Waals surface area contributed by atoms with Crippen LogP contribution in [0.2, 0.25) is 0 Å². The molecule has 0 radical (unpaired) electrons. The van der Waals surface area contributed by atoms with Crippen LogP contribution in [-0.2, 0) is 11.3 Å². The summed E-state index contributed by atoms with van der Waals surface area (Å²) in [6.07, 6.45) is 9.27. The van der Waals surface area contributed by atoms with Crippen LogP contribution in [0.25, 0.3) is 0 Å². The number of nitrogens with zero attached hydrogens (tertiary/aromatic N) is 5. The third-order valence-electron chi connectivity index (χ3n) is 3.45. The molecule has 2 aromatic heterocycles. The molecular formula is C17H14FN5O2. The Morgan fingerprint density at radius 2 is 1.72 bits per heavy atom. The van der Waals surface area contributed by atoms with Crippen molar-refractivity contribution in [3.05, 3.63) is 72.3 Å². The monoisotopic (exact) mass is 339 g/mol. The summed E-state index contributed by atoms with van der Waals surface area (Å²) in [5.41, 5.74) is 0.512. The van der Waals surface area contributed by atoms with Crippen molar-refractivity contribution in [1.29, 1.82) is 0 Å². The number of esters is 1. The van der Waals surface area contributed by atoms with Gasteiger partial charge >= 0.3 is 5.97 Å². The molecule has 3 rings (SSSR count). The highest BCUT2D eigenvalue weighted by Gasteiger charge is 2.17. The molecule has 126 valence electrons. The number of carbonyl (C=O) groups is 1. The van der Waals surface area contributed by atoms with E-state index in [1.54, 1.807) is 29.7 Å². The minimum absolute atomic E-state index is 0.144. The lowest BCUT2D eigenvalue weighted by atomic mass is 10.1. The standard InChI is InChI=1S/C17H14FN5O2/c1-25-17(24)12-2-3-13(14(18)8-12)11-23(15-9-19-4-6-21-15)16-10-20-5-7-22-16/h2-10H,11H2,1H3. The Bertz CT molecular complexity index is 822. The molecule has 0 N–H and O–H groups in total. The number of hydrogen-bond acceptors (Lipinski definition) is 7. The molecule has 0 bridgehead atoms. The molecule has 0 aliphatic heterocycles. The predicted octanol–water partition coefficient (Wildman–Crippen LogP) is 2.53. The van der Waals surface area contributed by atoms with Gasteiger partial charge < -0.3 is 9.64 Å². The van der Waals surface area contributed by atoms with Crippen molar-refractivity contribution in [3.8, 4) is 0 Å². The molecular weight excluding hydrogens is 325 g/mol. The van der Waals surface area contributed by atoms with Gasteiger partial charge in [0.05, 0.1) is 31.6 Å². The maximum Gasteiger partial charge on any atom is 0.337 e. The summed E-state index contributed by atoms with van der Waals surface area (Å²) >= 11 is 0. The van der Waals surface area contributed by atoms with Gasteiger partial charge in [-0.1, -0.05) is 6.07 Å². The predicted molar refractivity (Wildman–Crippen MR) is 87.6 cm³/mol. The molecule has 0 atom stereocenters. The van der Waals surface area contributed by atoms with Gasteiger partial charge in [-0.2, -0.15) is 0 Å². The topological polar surface area (TPSA) is 81.1 Å². The van der Waals surface area contributed by atoms with E-state index in [9.17, 15) is 9.18 Å². The van der Waals surface area contributed by atoms with Crippen LogP contribution in [-0.4, -0.2) is 33.0 Å². The summed E-state index contributed by atoms with van der Waals surface area (Å²) in [6.45, 7) is 0.144. The van der Waals surface area contributed by atoms with E-state index in [1.807, 2.05) is 0 Å². The molecule has 2 heterocycles. The average molecular weight is 339 g/mol. The van der Waals surface area contributed by atoms with Crippen LogP contribution in [0.4, 0.5) is 16.0 Å². The largest absolute Gasteiger partial charge is 0.465 e. The molecule has 7 nitrogen and oxygen atoms in total. The molecule has 0 unspecified atom stereocenters. The highest BCUT2D eigenvalue weighted by atomic mass is 19.1. The van der Waals surface area contributed by atoms with Gasteiger partial charge in [0.1, 0.15) is 5.82 Å². The van der Waals surface area contributed by atoms with Gasteiger partial charge in [-0.25, -0.2) is 19.2 Å². The van der Waals surface area contributed by atoms with Crippen LogP contribution in [0, 0.1) is 5.82 Å². The normalized spacial score (nSPS) is 10.3. The van der Waals surface area contributed by atoms with Crippen LogP contribution >= 0.6 is 0 Å². The summed E-state index contributed by atoms with van der Waals surface area (Å²) in [6, 6.07) is 4.18. The first kappa shape index (κ1) is 16.4. The van der Waals surface area contributed by atoms with E-state index in [-0.39, 0.29) is 12.1 Å². The number of rotatable bonds is 5. The number of anilines is 2. The van der Waals surface area contributed by atoms with E-state index in [4.69, 9.17) is 0 Å². The molecule has 0 saturated heterocycles. The van der Waals surface area contributed by atoms with Crippen molar-refractivity contribution < 1.29 is 13.9 Å². The van der Waals surface area contributed by atoms with E-state index in [0.29, 0.717) is 17.2 Å². The van der Waals surface area contributed by atoms with Crippen LogP contribution in [0.1, 0.15) is 15.9 Å². The number of methoxy groups -OCH3 is 1. The molecule has 3 aromatic rings. The Kier molecular flexibility index (Phi) is 4.89. The maximum absolute atomic E-state index is 14.4. The van der Waals surface area contributed by atoms with Crippen molar-refractivity contribution in [2.45, 2.75) is 6.54 Å². The van der Waals surface area contributed by atoms with Crippen LogP contribution in [0.3, 0.4) is 0 Å². The Hall–Kier alpha value is -3.42. The molecule has 25 heavy (non-hydrogen) atoms. The van der Waals surface area contributed by atoms with Crippen molar-refractivity contribution >= 4 is 17.6 Å². The summed E-state index contributed by atoms with van der Waals surface area (Å²) in [5.74, 6) is -0.121. The lowest BCUT2D eigenvalue weighted by Crippen LogP contribution is -2.20. The van der Waals surface area contributed by atoms with Gasteiger partial charge in [0.2, 0.25) is 0 Å². The summed E-state index contributed by atoms with van der Waals surface area (Å²) < 4.78 is 19.0. The van der Waals surface area contributed by atoms with E-state index in [2.05, 4.69) is 24.7 Å². The Morgan fingerprint density at radius 3 is 2.20 bits per heavy atom. The molecule has 1 aromatic carbocycles. The Balaban J connectivity index is 1.95. The SMILES string of the molecule is COC(=O)c1ccc(CN(c2cnccn2)c2cnccn2)c(F)c1. The van der Waals surface area contributed by atoms with Gasteiger partial charge in [-0.05, 0) is 12.1 Å². The highest BCUT2D eigenvalue weighted by Crippen LogP contribution is 2.24. The maximum atomic E-state index is 14.4.